The first kappa shape index (κ1) is 12.1. The zero-order valence-corrected chi connectivity index (χ0v) is 9.83. The van der Waals surface area contributed by atoms with Crippen LogP contribution < -0.4 is 0 Å². The molecule has 0 bridgehead atoms. The summed E-state index contributed by atoms with van der Waals surface area (Å²) < 4.78 is 0. The Morgan fingerprint density at radius 1 is 1.50 bits per heavy atom. The van der Waals surface area contributed by atoms with Gasteiger partial charge in [-0.15, -0.1) is 11.3 Å². The van der Waals surface area contributed by atoms with Gasteiger partial charge in [0.1, 0.15) is 11.1 Å². The van der Waals surface area contributed by atoms with Crippen molar-refractivity contribution in [3.05, 3.63) is 16.1 Å². The maximum absolute atomic E-state index is 9.62. The molecule has 1 heterocycles. The van der Waals surface area contributed by atoms with Crippen molar-refractivity contribution >= 4 is 27.3 Å². The minimum absolute atomic E-state index is 0.0844. The van der Waals surface area contributed by atoms with E-state index in [9.17, 15) is 10.2 Å². The first-order chi connectivity index (χ1) is 6.69. The monoisotopic (exact) mass is 281 g/mol. The number of aliphatic hydroxyl groups is 3. The van der Waals surface area contributed by atoms with Gasteiger partial charge in [0.05, 0.1) is 17.6 Å². The molecule has 80 valence electrons. The second-order valence-electron chi connectivity index (χ2n) is 2.81. The molecule has 0 aromatic carbocycles. The topological polar surface area (TPSA) is 73.6 Å². The fourth-order valence-electron chi connectivity index (χ4n) is 0.967. The van der Waals surface area contributed by atoms with Gasteiger partial charge >= 0.3 is 0 Å². The van der Waals surface area contributed by atoms with Crippen LogP contribution in [0.25, 0.3) is 0 Å². The summed E-state index contributed by atoms with van der Waals surface area (Å²) in [7, 11) is 0. The zero-order chi connectivity index (χ0) is 10.6. The first-order valence-electron chi connectivity index (χ1n) is 4.16. The van der Waals surface area contributed by atoms with Gasteiger partial charge in [-0.3, -0.25) is 0 Å². The molecule has 3 N–H and O–H groups in total. The van der Waals surface area contributed by atoms with E-state index in [1.807, 2.05) is 0 Å². The Balaban J connectivity index is 2.63. The lowest BCUT2D eigenvalue weighted by atomic mass is 10.2. The van der Waals surface area contributed by atoms with Crippen LogP contribution in [0, 0.1) is 0 Å². The van der Waals surface area contributed by atoms with Gasteiger partial charge in [0.2, 0.25) is 0 Å². The number of nitrogens with zero attached hydrogens (tertiary/aromatic N) is 1. The van der Waals surface area contributed by atoms with Gasteiger partial charge in [-0.25, -0.2) is 4.98 Å². The highest BCUT2D eigenvalue weighted by Gasteiger charge is 2.20. The Hall–Kier alpha value is -0.0100. The van der Waals surface area contributed by atoms with E-state index >= 15 is 0 Å². The molecule has 2 atom stereocenters. The van der Waals surface area contributed by atoms with Crippen LogP contribution in [0.2, 0.25) is 0 Å². The van der Waals surface area contributed by atoms with Crippen molar-refractivity contribution in [1.29, 1.82) is 0 Å². The highest BCUT2D eigenvalue weighted by atomic mass is 79.9. The molecule has 14 heavy (non-hydrogen) atoms. The summed E-state index contributed by atoms with van der Waals surface area (Å²) in [6.07, 6.45) is 0.198. The molecule has 2 unspecified atom stereocenters. The van der Waals surface area contributed by atoms with Gasteiger partial charge < -0.3 is 15.3 Å². The molecule has 0 radical (unpaired) electrons. The predicted molar refractivity (Wildman–Crippen MR) is 57.4 cm³/mol. The summed E-state index contributed by atoms with van der Waals surface area (Å²) in [6.45, 7) is -0.0844. The van der Waals surface area contributed by atoms with Crippen molar-refractivity contribution in [2.45, 2.75) is 25.2 Å². The van der Waals surface area contributed by atoms with Crippen LogP contribution in [0.5, 0.6) is 0 Å². The van der Waals surface area contributed by atoms with Crippen LogP contribution in [-0.4, -0.2) is 31.7 Å². The maximum Gasteiger partial charge on any atom is 0.131 e. The molecular formula is C8H12BrNO3S. The van der Waals surface area contributed by atoms with E-state index < -0.39 is 12.2 Å². The van der Waals surface area contributed by atoms with E-state index in [4.69, 9.17) is 5.11 Å². The van der Waals surface area contributed by atoms with Crippen LogP contribution >= 0.6 is 27.3 Å². The van der Waals surface area contributed by atoms with Crippen molar-refractivity contribution in [3.8, 4) is 0 Å². The molecule has 1 aromatic heterocycles. The molecular weight excluding hydrogens is 270 g/mol. The van der Waals surface area contributed by atoms with E-state index in [1.165, 1.54) is 17.5 Å². The van der Waals surface area contributed by atoms with Gasteiger partial charge in [-0.05, 0) is 6.42 Å². The lowest BCUT2D eigenvalue weighted by Crippen LogP contribution is -2.18. The Morgan fingerprint density at radius 2 is 2.21 bits per heavy atom. The van der Waals surface area contributed by atoms with Crippen LogP contribution in [0.4, 0.5) is 0 Å². The molecule has 1 rings (SSSR count). The fourth-order valence-corrected chi connectivity index (χ4v) is 2.26. The molecule has 0 fully saturated rings. The SMILES string of the molecule is OCc1cnc(C(O)C(O)CCBr)s1. The van der Waals surface area contributed by atoms with Gasteiger partial charge in [0.15, 0.2) is 0 Å². The number of alkyl halides is 1. The maximum atomic E-state index is 9.62. The molecule has 4 nitrogen and oxygen atoms in total. The number of halogens is 1. The smallest absolute Gasteiger partial charge is 0.131 e. The number of aromatic nitrogens is 1. The molecule has 6 heteroatoms. The third-order valence-corrected chi connectivity index (χ3v) is 3.26. The lowest BCUT2D eigenvalue weighted by Gasteiger charge is -2.13. The van der Waals surface area contributed by atoms with E-state index in [0.29, 0.717) is 21.6 Å². The number of aliphatic hydroxyl groups excluding tert-OH is 3. The first-order valence-corrected chi connectivity index (χ1v) is 6.10. The van der Waals surface area contributed by atoms with Gasteiger partial charge in [0, 0.05) is 11.5 Å². The summed E-state index contributed by atoms with van der Waals surface area (Å²) in [5.74, 6) is 0. The Bertz CT molecular complexity index is 281. The van der Waals surface area contributed by atoms with Crippen LogP contribution in [0.15, 0.2) is 6.20 Å². The van der Waals surface area contributed by atoms with E-state index in [-0.39, 0.29) is 6.61 Å². The number of thiazole rings is 1. The lowest BCUT2D eigenvalue weighted by molar-refractivity contribution is 0.0172. The minimum atomic E-state index is -0.960. The zero-order valence-electron chi connectivity index (χ0n) is 7.43. The summed E-state index contributed by atoms with van der Waals surface area (Å²) >= 11 is 4.39. The number of rotatable bonds is 5. The van der Waals surface area contributed by atoms with Crippen molar-refractivity contribution in [2.24, 2.45) is 0 Å². The largest absolute Gasteiger partial charge is 0.391 e. The summed E-state index contributed by atoms with van der Waals surface area (Å²) in [5, 5.41) is 29.0. The predicted octanol–water partition coefficient (Wildman–Crippen LogP) is 0.815. The average molecular weight is 282 g/mol. The summed E-state index contributed by atoms with van der Waals surface area (Å²) in [4.78, 5) is 4.61. The molecule has 0 aliphatic rings. The van der Waals surface area contributed by atoms with Crippen molar-refractivity contribution in [1.82, 2.24) is 4.98 Å². The van der Waals surface area contributed by atoms with Crippen LogP contribution in [0.1, 0.15) is 22.4 Å². The van der Waals surface area contributed by atoms with Crippen molar-refractivity contribution < 1.29 is 15.3 Å². The normalized spacial score (nSPS) is 15.4. The highest BCUT2D eigenvalue weighted by Crippen LogP contribution is 2.24. The molecule has 1 aromatic rings. The second-order valence-corrected chi connectivity index (χ2v) is 4.75. The summed E-state index contributed by atoms with van der Waals surface area (Å²) in [6, 6.07) is 0. The van der Waals surface area contributed by atoms with Gasteiger partial charge in [-0.1, -0.05) is 15.9 Å². The standard InChI is InChI=1S/C8H12BrNO3S/c9-2-1-6(12)7(13)8-10-3-5(4-11)14-8/h3,6-7,11-13H,1-2,4H2. The third kappa shape index (κ3) is 2.99. The van der Waals surface area contributed by atoms with E-state index in [1.54, 1.807) is 0 Å². The van der Waals surface area contributed by atoms with Crippen molar-refractivity contribution in [3.63, 3.8) is 0 Å². The van der Waals surface area contributed by atoms with E-state index in [0.717, 1.165) is 0 Å². The van der Waals surface area contributed by atoms with Gasteiger partial charge in [0.25, 0.3) is 0 Å². The third-order valence-electron chi connectivity index (χ3n) is 1.75. The molecule has 0 amide bonds. The molecule has 0 saturated heterocycles. The molecule has 0 aliphatic heterocycles. The van der Waals surface area contributed by atoms with Crippen LogP contribution in [0.3, 0.4) is 0 Å². The number of hydrogen-bond donors (Lipinski definition) is 3. The molecule has 0 aliphatic carbocycles. The van der Waals surface area contributed by atoms with Gasteiger partial charge in [-0.2, -0.15) is 0 Å². The molecule has 0 spiro atoms. The Labute approximate surface area is 94.4 Å². The minimum Gasteiger partial charge on any atom is -0.391 e. The second kappa shape index (κ2) is 5.77. The molecule has 0 saturated carbocycles. The average Bonchev–Trinajstić information content (AvgIpc) is 2.65. The number of hydrogen-bond acceptors (Lipinski definition) is 5. The quantitative estimate of drug-likeness (QED) is 0.699. The van der Waals surface area contributed by atoms with E-state index in [2.05, 4.69) is 20.9 Å². The highest BCUT2D eigenvalue weighted by molar-refractivity contribution is 9.09. The van der Waals surface area contributed by atoms with Crippen LogP contribution in [-0.2, 0) is 6.61 Å². The van der Waals surface area contributed by atoms with Crippen molar-refractivity contribution in [2.75, 3.05) is 5.33 Å². The fraction of sp³-hybridized carbons (Fsp3) is 0.625. The Kier molecular flexibility index (Phi) is 4.97. The Morgan fingerprint density at radius 3 is 2.71 bits per heavy atom. The summed E-state index contributed by atoms with van der Waals surface area (Å²) in [5.41, 5.74) is 0.